The van der Waals surface area contributed by atoms with Crippen LogP contribution < -0.4 is 15.4 Å². The summed E-state index contributed by atoms with van der Waals surface area (Å²) in [5.41, 5.74) is 5.39. The number of phenols is 3. The molecule has 250 valence electrons. The topological polar surface area (TPSA) is 120 Å². The van der Waals surface area contributed by atoms with Crippen LogP contribution in [0.15, 0.2) is 60.7 Å². The van der Waals surface area contributed by atoms with E-state index in [4.69, 9.17) is 9.47 Å². The molecule has 47 heavy (non-hydrogen) atoms. The highest BCUT2D eigenvalue weighted by Gasteiger charge is 2.24. The molecule has 0 saturated heterocycles. The van der Waals surface area contributed by atoms with Crippen LogP contribution >= 0.6 is 21.6 Å². The Morgan fingerprint density at radius 2 is 1.77 bits per heavy atom. The number of hydrogen-bond acceptors (Lipinski definition) is 10. The van der Waals surface area contributed by atoms with E-state index in [0.717, 1.165) is 69.2 Å². The van der Waals surface area contributed by atoms with Gasteiger partial charge in [-0.2, -0.15) is 0 Å². The molecule has 0 bridgehead atoms. The van der Waals surface area contributed by atoms with E-state index in [2.05, 4.69) is 16.7 Å². The fraction of sp³-hybridized carbons (Fsp3) is 0.378. The molecule has 5 N–H and O–H groups in total. The Balaban J connectivity index is 1.46. The molecule has 0 unspecified atom stereocenters. The van der Waals surface area contributed by atoms with Crippen molar-refractivity contribution in [2.24, 2.45) is 0 Å². The molecule has 4 aromatic carbocycles. The van der Waals surface area contributed by atoms with Crippen LogP contribution in [0.25, 0.3) is 21.9 Å². The van der Waals surface area contributed by atoms with Crippen molar-refractivity contribution in [2.75, 3.05) is 27.0 Å². The Morgan fingerprint density at radius 1 is 0.936 bits per heavy atom. The van der Waals surface area contributed by atoms with Crippen molar-refractivity contribution in [3.8, 4) is 34.1 Å². The summed E-state index contributed by atoms with van der Waals surface area (Å²) < 4.78 is 12.3. The molecular formula is C37H44N2O6S2. The monoisotopic (exact) mass is 676 g/mol. The molecular weight excluding hydrogens is 633 g/mol. The molecule has 0 amide bonds. The van der Waals surface area contributed by atoms with E-state index in [9.17, 15) is 20.1 Å². The van der Waals surface area contributed by atoms with Crippen LogP contribution in [-0.2, 0) is 28.2 Å². The van der Waals surface area contributed by atoms with E-state index in [0.29, 0.717) is 30.9 Å². The first-order valence-electron chi connectivity index (χ1n) is 16.0. The van der Waals surface area contributed by atoms with Gasteiger partial charge in [-0.05, 0) is 102 Å². The number of aromatic hydroxyl groups is 3. The van der Waals surface area contributed by atoms with Gasteiger partial charge in [-0.25, -0.2) is 0 Å². The summed E-state index contributed by atoms with van der Waals surface area (Å²) in [7, 11) is 8.80. The van der Waals surface area contributed by atoms with Gasteiger partial charge in [-0.1, -0.05) is 58.3 Å². The van der Waals surface area contributed by atoms with E-state index in [1.54, 1.807) is 59.0 Å². The van der Waals surface area contributed by atoms with Gasteiger partial charge in [0.1, 0.15) is 23.5 Å². The zero-order valence-electron chi connectivity index (χ0n) is 27.2. The average Bonchev–Trinajstić information content (AvgIpc) is 3.05. The highest BCUT2D eigenvalue weighted by molar-refractivity contribution is 8.76. The van der Waals surface area contributed by atoms with Gasteiger partial charge in [-0.15, -0.1) is 0 Å². The Bertz CT molecular complexity index is 1700. The molecule has 1 heterocycles. The van der Waals surface area contributed by atoms with E-state index in [-0.39, 0.29) is 35.6 Å². The van der Waals surface area contributed by atoms with Crippen LogP contribution in [0.3, 0.4) is 0 Å². The number of Topliss-reactive ketones (excluding diaryl/α,β-unsaturated/α-hetero) is 1. The summed E-state index contributed by atoms with van der Waals surface area (Å²) in [6, 6.07) is 18.4. The van der Waals surface area contributed by atoms with Gasteiger partial charge in [0.05, 0.1) is 13.2 Å². The van der Waals surface area contributed by atoms with E-state index in [1.807, 2.05) is 38.4 Å². The first kappa shape index (κ1) is 34.9. The molecule has 5 rings (SSSR count). The molecule has 2 atom stereocenters. The zero-order valence-corrected chi connectivity index (χ0v) is 28.8. The second kappa shape index (κ2) is 16.6. The van der Waals surface area contributed by atoms with Crippen LogP contribution in [0.5, 0.6) is 23.0 Å². The summed E-state index contributed by atoms with van der Waals surface area (Å²) in [6.45, 7) is 0.614. The third-order valence-corrected chi connectivity index (χ3v) is 10.9. The average molecular weight is 677 g/mol. The number of carbonyl (C=O) groups excluding carboxylic acids is 1. The highest BCUT2D eigenvalue weighted by atomic mass is 33.1. The molecule has 10 heteroatoms. The molecule has 0 spiro atoms. The maximum atomic E-state index is 13.6. The smallest absolute Gasteiger partial charge is 0.168 e. The van der Waals surface area contributed by atoms with Gasteiger partial charge in [-0.3, -0.25) is 10.1 Å². The number of methoxy groups -OCH3 is 1. The Hall–Kier alpha value is -3.41. The van der Waals surface area contributed by atoms with Crippen molar-refractivity contribution >= 4 is 38.1 Å². The first-order chi connectivity index (χ1) is 22.8. The predicted octanol–water partition coefficient (Wildman–Crippen LogP) is 7.61. The maximum absolute atomic E-state index is 13.6. The van der Waals surface area contributed by atoms with Crippen LogP contribution in [-0.4, -0.2) is 54.2 Å². The maximum Gasteiger partial charge on any atom is 0.168 e. The molecule has 0 radical (unpaired) electrons. The van der Waals surface area contributed by atoms with Crippen molar-refractivity contribution in [1.29, 1.82) is 0 Å². The fourth-order valence-corrected chi connectivity index (χ4v) is 8.55. The van der Waals surface area contributed by atoms with Crippen molar-refractivity contribution in [1.82, 2.24) is 10.6 Å². The lowest BCUT2D eigenvalue weighted by Crippen LogP contribution is -2.28. The molecule has 0 aromatic heterocycles. The molecule has 0 fully saturated rings. The lowest BCUT2D eigenvalue weighted by molar-refractivity contribution is -0.124. The first-order valence-corrected chi connectivity index (χ1v) is 18.5. The van der Waals surface area contributed by atoms with Gasteiger partial charge in [0, 0.05) is 36.5 Å². The Morgan fingerprint density at radius 3 is 2.55 bits per heavy atom. The summed E-state index contributed by atoms with van der Waals surface area (Å²) in [5.74, 6) is 2.49. The number of aryl methyl sites for hydroxylation is 1. The minimum atomic E-state index is -0.482. The lowest BCUT2D eigenvalue weighted by Gasteiger charge is -2.26. The molecule has 1 aliphatic rings. The summed E-state index contributed by atoms with van der Waals surface area (Å²) in [6.07, 6.45) is 2.89. The number of phenolic OH excluding ortho intramolecular Hbond substituents is 3. The second-order valence-corrected chi connectivity index (χ2v) is 14.4. The lowest BCUT2D eigenvalue weighted by atomic mass is 9.89. The van der Waals surface area contributed by atoms with Crippen molar-refractivity contribution < 1.29 is 29.6 Å². The molecule has 8 nitrogen and oxygen atoms in total. The predicted molar refractivity (Wildman–Crippen MR) is 192 cm³/mol. The molecule has 0 aliphatic carbocycles. The number of ether oxygens (including phenoxy) is 2. The third kappa shape index (κ3) is 8.74. The second-order valence-electron chi connectivity index (χ2n) is 11.9. The normalized spacial score (nSPS) is 17.2. The van der Waals surface area contributed by atoms with E-state index in [1.165, 1.54) is 0 Å². The molecule has 0 saturated carbocycles. The number of ketones is 1. The van der Waals surface area contributed by atoms with Crippen LogP contribution in [0.4, 0.5) is 0 Å². The SMILES string of the molecule is CNCc1cc(O)cc([C@@H](NC)O[C@H]2CCCCSSCc3c(ccc4ccc(O)cc34)-c3c(ccc(O)c3OC)CCC(=O)C2)c1. The van der Waals surface area contributed by atoms with Crippen LogP contribution in [0.1, 0.15) is 60.6 Å². The fourth-order valence-electron chi connectivity index (χ4n) is 6.29. The number of carbonyl (C=O) groups is 1. The van der Waals surface area contributed by atoms with Gasteiger partial charge >= 0.3 is 0 Å². The number of nitrogens with one attached hydrogen (secondary N) is 2. The number of fused-ring (bicyclic) bond motifs is 5. The largest absolute Gasteiger partial charge is 0.508 e. The molecule has 4 aromatic rings. The summed E-state index contributed by atoms with van der Waals surface area (Å²) in [5, 5.41) is 39.9. The van der Waals surface area contributed by atoms with Gasteiger partial charge in [0.25, 0.3) is 0 Å². The molecule has 1 aliphatic heterocycles. The summed E-state index contributed by atoms with van der Waals surface area (Å²) in [4.78, 5) is 13.6. The minimum Gasteiger partial charge on any atom is -0.508 e. The van der Waals surface area contributed by atoms with Crippen molar-refractivity contribution in [2.45, 2.75) is 63.2 Å². The standard InChI is InChI=1S/C37H44N2O6S2/c1-38-21-23-16-26(18-29(42)17-23)37(39-2)45-30-6-4-5-15-46-47-22-33-31(13-9-24-7-11-28(41)20-32(24)33)35-25(8-12-27(40)19-30)10-14-34(43)36(35)44-3/h7,9-11,13-14,16-18,20,30,37-39,41-43H,4-6,8,12,15,19,21-22H2,1-3H3/t30-,37-/m0/s1. The zero-order chi connectivity index (χ0) is 33.3. The Kier molecular flexibility index (Phi) is 12.3. The Labute approximate surface area is 284 Å². The number of rotatable bonds is 7. The summed E-state index contributed by atoms with van der Waals surface area (Å²) >= 11 is 0. The van der Waals surface area contributed by atoms with Crippen molar-refractivity contribution in [3.63, 3.8) is 0 Å². The van der Waals surface area contributed by atoms with E-state index < -0.39 is 6.23 Å². The highest BCUT2D eigenvalue weighted by Crippen LogP contribution is 2.45. The van der Waals surface area contributed by atoms with Crippen molar-refractivity contribution in [3.05, 3.63) is 82.9 Å². The quantitative estimate of drug-likeness (QED) is 0.0988. The number of benzene rings is 4. The van der Waals surface area contributed by atoms with Gasteiger partial charge in [0.15, 0.2) is 11.5 Å². The van der Waals surface area contributed by atoms with E-state index >= 15 is 0 Å². The van der Waals surface area contributed by atoms with Crippen LogP contribution in [0.2, 0.25) is 0 Å². The third-order valence-electron chi connectivity index (χ3n) is 8.51. The van der Waals surface area contributed by atoms with Gasteiger partial charge in [0.2, 0.25) is 0 Å². The number of hydrogen-bond donors (Lipinski definition) is 5. The minimum absolute atomic E-state index is 0.0346. The van der Waals surface area contributed by atoms with Crippen LogP contribution in [0, 0.1) is 0 Å². The van der Waals surface area contributed by atoms with Gasteiger partial charge < -0.3 is 30.1 Å².